The fourth-order valence-corrected chi connectivity index (χ4v) is 3.22. The maximum atomic E-state index is 12.2. The van der Waals surface area contributed by atoms with Gasteiger partial charge in [0.05, 0.1) is 11.8 Å². The SMILES string of the molecule is N#CCSc1nc(C2CC2)nc2c1c(=O)[nH]c(=O)n2C1CC1. The van der Waals surface area contributed by atoms with Crippen LogP contribution in [-0.2, 0) is 0 Å². The third-order valence-corrected chi connectivity index (χ3v) is 4.74. The molecule has 2 saturated carbocycles. The highest BCUT2D eigenvalue weighted by molar-refractivity contribution is 7.99. The van der Waals surface area contributed by atoms with Gasteiger partial charge in [-0.25, -0.2) is 14.8 Å². The van der Waals surface area contributed by atoms with Crippen molar-refractivity contribution < 1.29 is 0 Å². The number of hydrogen-bond acceptors (Lipinski definition) is 6. The van der Waals surface area contributed by atoms with Crippen molar-refractivity contribution in [1.29, 1.82) is 5.26 Å². The largest absolute Gasteiger partial charge is 0.330 e. The van der Waals surface area contributed by atoms with E-state index >= 15 is 0 Å². The molecule has 7 nitrogen and oxygen atoms in total. The lowest BCUT2D eigenvalue weighted by atomic mass is 10.3. The van der Waals surface area contributed by atoms with E-state index in [1.165, 1.54) is 11.8 Å². The summed E-state index contributed by atoms with van der Waals surface area (Å²) in [7, 11) is 0. The van der Waals surface area contributed by atoms with Crippen LogP contribution in [0.4, 0.5) is 0 Å². The Morgan fingerprint density at radius 3 is 2.68 bits per heavy atom. The summed E-state index contributed by atoms with van der Waals surface area (Å²) in [6.07, 6.45) is 3.91. The Labute approximate surface area is 129 Å². The summed E-state index contributed by atoms with van der Waals surface area (Å²) in [6, 6.07) is 2.16. The molecule has 2 aromatic rings. The zero-order valence-corrected chi connectivity index (χ0v) is 12.5. The molecule has 8 heteroatoms. The van der Waals surface area contributed by atoms with Crippen LogP contribution < -0.4 is 11.2 Å². The Balaban J connectivity index is 2.04. The molecule has 22 heavy (non-hydrogen) atoms. The van der Waals surface area contributed by atoms with E-state index in [9.17, 15) is 9.59 Å². The lowest BCUT2D eigenvalue weighted by molar-refractivity contribution is 0.691. The summed E-state index contributed by atoms with van der Waals surface area (Å²) in [6.45, 7) is 0. The van der Waals surface area contributed by atoms with Gasteiger partial charge in [0.25, 0.3) is 5.56 Å². The topological polar surface area (TPSA) is 104 Å². The highest BCUT2D eigenvalue weighted by Crippen LogP contribution is 2.40. The molecule has 0 saturated heterocycles. The summed E-state index contributed by atoms with van der Waals surface area (Å²) in [5.41, 5.74) is -0.454. The summed E-state index contributed by atoms with van der Waals surface area (Å²) in [4.78, 5) is 35.7. The van der Waals surface area contributed by atoms with Gasteiger partial charge in [0, 0.05) is 12.0 Å². The Morgan fingerprint density at radius 2 is 2.05 bits per heavy atom. The van der Waals surface area contributed by atoms with Crippen LogP contribution in [0.15, 0.2) is 14.6 Å². The molecule has 0 aliphatic heterocycles. The predicted octanol–water partition coefficient (Wildman–Crippen LogP) is 1.31. The first-order valence-electron chi connectivity index (χ1n) is 7.25. The molecule has 0 spiro atoms. The highest BCUT2D eigenvalue weighted by atomic mass is 32.2. The van der Waals surface area contributed by atoms with Crippen LogP contribution in [0.25, 0.3) is 11.0 Å². The molecular weight excluding hydrogens is 302 g/mol. The van der Waals surface area contributed by atoms with Crippen molar-refractivity contribution in [2.75, 3.05) is 5.75 Å². The molecule has 2 fully saturated rings. The lowest BCUT2D eigenvalue weighted by Crippen LogP contribution is -2.31. The summed E-state index contributed by atoms with van der Waals surface area (Å²) in [5.74, 6) is 1.21. The molecular formula is C14H13N5O2S. The van der Waals surface area contributed by atoms with E-state index in [4.69, 9.17) is 5.26 Å². The third-order valence-electron chi connectivity index (χ3n) is 3.90. The van der Waals surface area contributed by atoms with Gasteiger partial charge in [-0.15, -0.1) is 0 Å². The van der Waals surface area contributed by atoms with Crippen LogP contribution in [0, 0.1) is 11.3 Å². The maximum Gasteiger partial charge on any atom is 0.330 e. The number of nitriles is 1. The van der Waals surface area contributed by atoms with Crippen molar-refractivity contribution in [1.82, 2.24) is 19.5 Å². The number of thioether (sulfide) groups is 1. The molecule has 112 valence electrons. The Bertz CT molecular complexity index is 918. The maximum absolute atomic E-state index is 12.2. The average Bonchev–Trinajstić information content (AvgIpc) is 3.37. The summed E-state index contributed by atoms with van der Waals surface area (Å²) in [5, 5.41) is 9.63. The van der Waals surface area contributed by atoms with Crippen molar-refractivity contribution in [3.63, 3.8) is 0 Å². The second kappa shape index (κ2) is 4.95. The van der Waals surface area contributed by atoms with Gasteiger partial charge in [0.2, 0.25) is 0 Å². The number of H-pyrrole nitrogens is 1. The van der Waals surface area contributed by atoms with Gasteiger partial charge < -0.3 is 0 Å². The van der Waals surface area contributed by atoms with Crippen LogP contribution in [0.5, 0.6) is 0 Å². The highest BCUT2D eigenvalue weighted by Gasteiger charge is 2.32. The molecule has 0 aromatic carbocycles. The van der Waals surface area contributed by atoms with Crippen LogP contribution in [0.1, 0.15) is 43.5 Å². The van der Waals surface area contributed by atoms with E-state index in [1.807, 2.05) is 6.07 Å². The first kappa shape index (κ1) is 13.5. The van der Waals surface area contributed by atoms with E-state index in [2.05, 4.69) is 15.0 Å². The van der Waals surface area contributed by atoms with E-state index in [1.54, 1.807) is 4.57 Å². The van der Waals surface area contributed by atoms with E-state index in [0.717, 1.165) is 25.7 Å². The van der Waals surface area contributed by atoms with Gasteiger partial charge in [0.1, 0.15) is 16.2 Å². The minimum atomic E-state index is -0.473. The van der Waals surface area contributed by atoms with Gasteiger partial charge in [-0.1, -0.05) is 11.8 Å². The lowest BCUT2D eigenvalue weighted by Gasteiger charge is -2.11. The Hall–Kier alpha value is -2.14. The van der Waals surface area contributed by atoms with E-state index in [0.29, 0.717) is 27.8 Å². The molecule has 0 bridgehead atoms. The first-order chi connectivity index (χ1) is 10.7. The zero-order valence-electron chi connectivity index (χ0n) is 11.7. The van der Waals surface area contributed by atoms with Gasteiger partial charge >= 0.3 is 5.69 Å². The number of fused-ring (bicyclic) bond motifs is 1. The van der Waals surface area contributed by atoms with Crippen molar-refractivity contribution in [3.8, 4) is 6.07 Å². The van der Waals surface area contributed by atoms with E-state index < -0.39 is 11.2 Å². The molecule has 2 aliphatic carbocycles. The smallest absolute Gasteiger partial charge is 0.274 e. The normalized spacial score (nSPS) is 17.6. The molecule has 0 radical (unpaired) electrons. The Kier molecular flexibility index (Phi) is 3.04. The fourth-order valence-electron chi connectivity index (χ4n) is 2.53. The molecule has 2 aliphatic rings. The number of nitrogens with one attached hydrogen (secondary N) is 1. The Morgan fingerprint density at radius 1 is 1.27 bits per heavy atom. The number of aromatic amines is 1. The van der Waals surface area contributed by atoms with Crippen molar-refractivity contribution in [2.45, 2.75) is 42.7 Å². The number of aromatic nitrogens is 4. The van der Waals surface area contributed by atoms with Crippen molar-refractivity contribution >= 4 is 22.8 Å². The minimum Gasteiger partial charge on any atom is -0.274 e. The van der Waals surface area contributed by atoms with Crippen LogP contribution in [-0.4, -0.2) is 25.3 Å². The zero-order chi connectivity index (χ0) is 15.3. The van der Waals surface area contributed by atoms with E-state index in [-0.39, 0.29) is 11.8 Å². The van der Waals surface area contributed by atoms with Gasteiger partial charge in [-0.3, -0.25) is 14.3 Å². The molecule has 0 unspecified atom stereocenters. The third kappa shape index (κ3) is 2.22. The molecule has 4 rings (SSSR count). The standard InChI is InChI=1S/C14H13N5O2S/c15-5-6-22-13-9-11(16-10(17-13)7-1-2-7)19(8-3-4-8)14(21)18-12(9)20/h7-8H,1-4,6H2,(H,18,20,21). The summed E-state index contributed by atoms with van der Waals surface area (Å²) >= 11 is 1.22. The predicted molar refractivity (Wildman–Crippen MR) is 81.0 cm³/mol. The number of nitrogens with zero attached hydrogens (tertiary/aromatic N) is 4. The summed E-state index contributed by atoms with van der Waals surface area (Å²) < 4.78 is 1.58. The van der Waals surface area contributed by atoms with Crippen molar-refractivity contribution in [3.05, 3.63) is 26.7 Å². The van der Waals surface area contributed by atoms with Gasteiger partial charge in [-0.2, -0.15) is 5.26 Å². The van der Waals surface area contributed by atoms with Crippen LogP contribution in [0.3, 0.4) is 0 Å². The average molecular weight is 315 g/mol. The first-order valence-corrected chi connectivity index (χ1v) is 8.24. The monoisotopic (exact) mass is 315 g/mol. The number of rotatable bonds is 4. The second-order valence-corrected chi connectivity index (χ2v) is 6.63. The quantitative estimate of drug-likeness (QED) is 0.673. The fraction of sp³-hybridized carbons (Fsp3) is 0.500. The van der Waals surface area contributed by atoms with Crippen LogP contribution in [0.2, 0.25) is 0 Å². The molecule has 0 atom stereocenters. The van der Waals surface area contributed by atoms with Crippen molar-refractivity contribution in [2.24, 2.45) is 0 Å². The van der Waals surface area contributed by atoms with Crippen LogP contribution >= 0.6 is 11.8 Å². The molecule has 0 amide bonds. The van der Waals surface area contributed by atoms with Gasteiger partial charge in [0.15, 0.2) is 5.65 Å². The second-order valence-electron chi connectivity index (χ2n) is 5.67. The minimum absolute atomic E-state index is 0.114. The van der Waals surface area contributed by atoms with Gasteiger partial charge in [-0.05, 0) is 25.7 Å². The molecule has 1 N–H and O–H groups in total. The number of hydrogen-bond donors (Lipinski definition) is 1. The molecule has 2 heterocycles. The molecule has 2 aromatic heterocycles.